The summed E-state index contributed by atoms with van der Waals surface area (Å²) in [4.78, 5) is 36.2. The number of nitrogens with zero attached hydrogens (tertiary/aromatic N) is 1. The zero-order chi connectivity index (χ0) is 27.4. The molecule has 1 unspecified atom stereocenters. The van der Waals surface area contributed by atoms with Gasteiger partial charge >= 0.3 is 12.1 Å². The Kier molecular flexibility index (Phi) is 7.67. The van der Waals surface area contributed by atoms with Gasteiger partial charge in [-0.05, 0) is 54.1 Å². The van der Waals surface area contributed by atoms with Crippen LogP contribution in [0.5, 0.6) is 0 Å². The van der Waals surface area contributed by atoms with Gasteiger partial charge in [0.05, 0.1) is 20.9 Å². The molecule has 194 valence electrons. The van der Waals surface area contributed by atoms with Gasteiger partial charge in [-0.25, -0.2) is 4.79 Å². The molecule has 0 aromatic heterocycles. The van der Waals surface area contributed by atoms with E-state index in [1.54, 1.807) is 18.2 Å². The number of hydrogen-bond donors (Lipinski definition) is 1. The molecule has 0 spiro atoms. The Morgan fingerprint density at radius 2 is 1.61 bits per heavy atom. The van der Waals surface area contributed by atoms with Gasteiger partial charge in [0.15, 0.2) is 6.10 Å². The molecule has 4 rings (SSSR count). The Morgan fingerprint density at radius 1 is 0.921 bits per heavy atom. The molecule has 0 fully saturated rings. The van der Waals surface area contributed by atoms with E-state index in [0.29, 0.717) is 11.8 Å². The normalized spacial score (nSPS) is 12.1. The van der Waals surface area contributed by atoms with E-state index in [-0.39, 0.29) is 15.4 Å². The molecule has 0 aliphatic heterocycles. The number of halogens is 3. The summed E-state index contributed by atoms with van der Waals surface area (Å²) in [6, 6.07) is 21.1. The lowest BCUT2D eigenvalue weighted by atomic mass is 10.1. The average molecular weight is 541 g/mol. The number of nitro groups is 1. The van der Waals surface area contributed by atoms with Crippen molar-refractivity contribution < 1.29 is 32.4 Å². The van der Waals surface area contributed by atoms with Crippen LogP contribution in [-0.4, -0.2) is 22.9 Å². The van der Waals surface area contributed by atoms with Gasteiger partial charge in [-0.3, -0.25) is 14.9 Å². The fraction of sp³-hybridized carbons (Fsp3) is 0.111. The summed E-state index contributed by atoms with van der Waals surface area (Å²) in [7, 11) is 0. The van der Waals surface area contributed by atoms with Crippen molar-refractivity contribution in [3.05, 3.63) is 106 Å². The minimum absolute atomic E-state index is 0.00273. The molecule has 1 amide bonds. The Bertz CT molecular complexity index is 1540. The molecule has 1 N–H and O–H groups in total. The van der Waals surface area contributed by atoms with E-state index in [9.17, 15) is 32.9 Å². The highest BCUT2D eigenvalue weighted by Gasteiger charge is 2.33. The van der Waals surface area contributed by atoms with Gasteiger partial charge in [0, 0.05) is 16.6 Å². The van der Waals surface area contributed by atoms with Gasteiger partial charge in [-0.1, -0.05) is 54.2 Å². The maximum Gasteiger partial charge on any atom is 0.416 e. The van der Waals surface area contributed by atoms with Gasteiger partial charge in [-0.15, -0.1) is 0 Å². The third-order valence-electron chi connectivity index (χ3n) is 5.48. The van der Waals surface area contributed by atoms with Crippen LogP contribution in [0.1, 0.15) is 22.8 Å². The minimum atomic E-state index is -4.75. The quantitative estimate of drug-likeness (QED) is 0.153. The second-order valence-electron chi connectivity index (χ2n) is 8.13. The van der Waals surface area contributed by atoms with Crippen LogP contribution in [0, 0.1) is 10.1 Å². The molecule has 0 heterocycles. The SMILES string of the molecule is CC(OC(=O)c1ccccc1Sc1ccc(C(F)(F)F)cc1[N+](=O)[O-])C(=O)Nc1ccc2ccccc2c1. The van der Waals surface area contributed by atoms with E-state index < -0.39 is 40.3 Å². The van der Waals surface area contributed by atoms with Gasteiger partial charge in [0.2, 0.25) is 0 Å². The third kappa shape index (κ3) is 6.12. The summed E-state index contributed by atoms with van der Waals surface area (Å²) in [5.41, 5.74) is -1.40. The summed E-state index contributed by atoms with van der Waals surface area (Å²) in [5.74, 6) is -1.44. The molecular formula is C27H19F3N2O5S. The van der Waals surface area contributed by atoms with Crippen LogP contribution in [0.15, 0.2) is 94.7 Å². The maximum absolute atomic E-state index is 13.0. The van der Waals surface area contributed by atoms with Gasteiger partial charge < -0.3 is 10.1 Å². The largest absolute Gasteiger partial charge is 0.449 e. The van der Waals surface area contributed by atoms with Crippen molar-refractivity contribution in [2.75, 3.05) is 5.32 Å². The van der Waals surface area contributed by atoms with Crippen molar-refractivity contribution >= 4 is 45.8 Å². The summed E-state index contributed by atoms with van der Waals surface area (Å²) < 4.78 is 44.4. The Morgan fingerprint density at radius 3 is 2.32 bits per heavy atom. The number of fused-ring (bicyclic) bond motifs is 1. The predicted molar refractivity (Wildman–Crippen MR) is 136 cm³/mol. The molecular weight excluding hydrogens is 521 g/mol. The van der Waals surface area contributed by atoms with Crippen molar-refractivity contribution in [1.29, 1.82) is 0 Å². The monoisotopic (exact) mass is 540 g/mol. The van der Waals surface area contributed by atoms with E-state index in [4.69, 9.17) is 4.74 Å². The number of rotatable bonds is 7. The van der Waals surface area contributed by atoms with E-state index in [1.807, 2.05) is 30.3 Å². The highest BCUT2D eigenvalue weighted by atomic mass is 32.2. The lowest BCUT2D eigenvalue weighted by Gasteiger charge is -2.15. The van der Waals surface area contributed by atoms with Crippen LogP contribution in [0.25, 0.3) is 10.8 Å². The zero-order valence-electron chi connectivity index (χ0n) is 19.7. The molecule has 38 heavy (non-hydrogen) atoms. The van der Waals surface area contributed by atoms with Crippen LogP contribution in [0.2, 0.25) is 0 Å². The van der Waals surface area contributed by atoms with Crippen molar-refractivity contribution in [1.82, 2.24) is 0 Å². The lowest BCUT2D eigenvalue weighted by Crippen LogP contribution is -2.30. The predicted octanol–water partition coefficient (Wildman–Crippen LogP) is 7.10. The van der Waals surface area contributed by atoms with Crippen LogP contribution >= 0.6 is 11.8 Å². The molecule has 0 bridgehead atoms. The molecule has 0 saturated heterocycles. The fourth-order valence-electron chi connectivity index (χ4n) is 3.55. The second kappa shape index (κ2) is 10.9. The number of carbonyl (C=O) groups excluding carboxylic acids is 2. The van der Waals surface area contributed by atoms with Gasteiger partial charge in [-0.2, -0.15) is 13.2 Å². The minimum Gasteiger partial charge on any atom is -0.449 e. The molecule has 0 aliphatic carbocycles. The van der Waals surface area contributed by atoms with Gasteiger partial charge in [0.1, 0.15) is 0 Å². The third-order valence-corrected chi connectivity index (χ3v) is 6.62. The van der Waals surface area contributed by atoms with Crippen molar-refractivity contribution in [2.45, 2.75) is 29.0 Å². The first-order chi connectivity index (χ1) is 18.0. The average Bonchev–Trinajstić information content (AvgIpc) is 2.88. The lowest BCUT2D eigenvalue weighted by molar-refractivity contribution is -0.388. The van der Waals surface area contributed by atoms with Crippen molar-refractivity contribution in [2.24, 2.45) is 0 Å². The molecule has 11 heteroatoms. The second-order valence-corrected chi connectivity index (χ2v) is 9.22. The maximum atomic E-state index is 13.0. The Hall–Kier alpha value is -4.38. The summed E-state index contributed by atoms with van der Waals surface area (Å²) >= 11 is 0.746. The molecule has 0 aliphatic rings. The number of hydrogen-bond acceptors (Lipinski definition) is 6. The van der Waals surface area contributed by atoms with E-state index in [0.717, 1.165) is 34.7 Å². The fourth-order valence-corrected chi connectivity index (χ4v) is 4.57. The number of alkyl halides is 3. The summed E-state index contributed by atoms with van der Waals surface area (Å²) in [5, 5.41) is 16.0. The number of anilines is 1. The van der Waals surface area contributed by atoms with Crippen LogP contribution in [-0.2, 0) is 15.7 Å². The number of ether oxygens (including phenoxy) is 1. The molecule has 0 radical (unpaired) electrons. The van der Waals surface area contributed by atoms with E-state index in [2.05, 4.69) is 5.32 Å². The highest BCUT2D eigenvalue weighted by molar-refractivity contribution is 7.99. The topological polar surface area (TPSA) is 98.5 Å². The highest BCUT2D eigenvalue weighted by Crippen LogP contribution is 2.40. The number of benzene rings is 4. The van der Waals surface area contributed by atoms with E-state index >= 15 is 0 Å². The first-order valence-electron chi connectivity index (χ1n) is 11.2. The summed E-state index contributed by atoms with van der Waals surface area (Å²) in [6.45, 7) is 1.39. The number of amides is 1. The van der Waals surface area contributed by atoms with E-state index in [1.165, 1.54) is 25.1 Å². The molecule has 4 aromatic rings. The van der Waals surface area contributed by atoms with Gasteiger partial charge in [0.25, 0.3) is 11.6 Å². The van der Waals surface area contributed by atoms with Crippen LogP contribution in [0.4, 0.5) is 24.5 Å². The first kappa shape index (κ1) is 26.7. The summed E-state index contributed by atoms with van der Waals surface area (Å²) in [6.07, 6.45) is -5.94. The number of carbonyl (C=O) groups is 2. The zero-order valence-corrected chi connectivity index (χ0v) is 20.5. The standard InChI is InChI=1S/C27H19F3N2O5S/c1-16(25(33)31-20-12-10-17-6-2-3-7-18(17)14-20)37-26(34)21-8-4-5-9-23(21)38-24-13-11-19(27(28,29)30)15-22(24)32(35)36/h2-16H,1H3,(H,31,33). The number of esters is 1. The van der Waals surface area contributed by atoms with Crippen LogP contribution < -0.4 is 5.32 Å². The van der Waals surface area contributed by atoms with Crippen molar-refractivity contribution in [3.63, 3.8) is 0 Å². The Labute approximate surface area is 218 Å². The first-order valence-corrected chi connectivity index (χ1v) is 12.0. The molecule has 1 atom stereocenters. The number of nitro benzene ring substituents is 1. The smallest absolute Gasteiger partial charge is 0.416 e. The molecule has 0 saturated carbocycles. The van der Waals surface area contributed by atoms with Crippen LogP contribution in [0.3, 0.4) is 0 Å². The van der Waals surface area contributed by atoms with Crippen molar-refractivity contribution in [3.8, 4) is 0 Å². The molecule has 7 nitrogen and oxygen atoms in total. The molecule has 4 aromatic carbocycles. The number of nitrogens with one attached hydrogen (secondary N) is 1. The Balaban J connectivity index is 1.50.